The van der Waals surface area contributed by atoms with Gasteiger partial charge in [-0.25, -0.2) is 9.89 Å². The summed E-state index contributed by atoms with van der Waals surface area (Å²) in [6.07, 6.45) is 0. The maximum absolute atomic E-state index is 11.4. The molecule has 0 aromatic carbocycles. The largest absolute Gasteiger partial charge is 0.464 e. The van der Waals surface area contributed by atoms with Crippen LogP contribution in [0.2, 0.25) is 0 Å². The van der Waals surface area contributed by atoms with Gasteiger partial charge in [0, 0.05) is 6.54 Å². The molecule has 0 spiro atoms. The fourth-order valence-corrected chi connectivity index (χ4v) is 2.58. The molecule has 0 bridgehead atoms. The summed E-state index contributed by atoms with van der Waals surface area (Å²) in [5.74, 6) is 2.47. The highest BCUT2D eigenvalue weighted by molar-refractivity contribution is 7.98. The highest BCUT2D eigenvalue weighted by Gasteiger charge is 2.09. The zero-order chi connectivity index (χ0) is 13.7. The molecule has 2 heterocycles. The van der Waals surface area contributed by atoms with Crippen molar-refractivity contribution >= 4 is 11.8 Å². The number of aromatic nitrogens is 3. The number of nitrogens with one attached hydrogen (secondary N) is 2. The van der Waals surface area contributed by atoms with Gasteiger partial charge < -0.3 is 9.73 Å². The molecule has 0 amide bonds. The Bertz CT molecular complexity index is 572. The minimum Gasteiger partial charge on any atom is -0.464 e. The first-order chi connectivity index (χ1) is 9.24. The first-order valence-corrected chi connectivity index (χ1v) is 7.29. The van der Waals surface area contributed by atoms with Gasteiger partial charge >= 0.3 is 5.69 Å². The molecule has 0 saturated carbocycles. The van der Waals surface area contributed by atoms with E-state index in [2.05, 4.69) is 22.4 Å². The maximum Gasteiger partial charge on any atom is 0.343 e. The van der Waals surface area contributed by atoms with Gasteiger partial charge in [0.1, 0.15) is 11.5 Å². The van der Waals surface area contributed by atoms with Crippen LogP contribution in [0.5, 0.6) is 0 Å². The van der Waals surface area contributed by atoms with Gasteiger partial charge in [-0.15, -0.1) is 5.10 Å². The minimum atomic E-state index is -0.169. The summed E-state index contributed by atoms with van der Waals surface area (Å²) in [6, 6.07) is 3.93. The van der Waals surface area contributed by atoms with E-state index in [0.29, 0.717) is 17.5 Å². The van der Waals surface area contributed by atoms with Crippen LogP contribution in [-0.4, -0.2) is 21.3 Å². The van der Waals surface area contributed by atoms with Crippen LogP contribution in [0.1, 0.15) is 25.4 Å². The number of hydrogen-bond acceptors (Lipinski definition) is 5. The summed E-state index contributed by atoms with van der Waals surface area (Å²) in [4.78, 5) is 11.4. The van der Waals surface area contributed by atoms with Gasteiger partial charge in [0.2, 0.25) is 0 Å². The van der Waals surface area contributed by atoms with E-state index >= 15 is 0 Å². The molecule has 0 aliphatic rings. The van der Waals surface area contributed by atoms with Crippen molar-refractivity contribution < 1.29 is 4.42 Å². The first-order valence-electron chi connectivity index (χ1n) is 6.30. The Labute approximate surface area is 115 Å². The lowest BCUT2D eigenvalue weighted by Gasteiger charge is -2.00. The summed E-state index contributed by atoms with van der Waals surface area (Å²) in [7, 11) is 0. The molecule has 0 atom stereocenters. The zero-order valence-corrected chi connectivity index (χ0v) is 11.9. The Morgan fingerprint density at radius 1 is 1.42 bits per heavy atom. The Morgan fingerprint density at radius 3 is 2.95 bits per heavy atom. The average Bonchev–Trinajstić information content (AvgIpc) is 3.00. The van der Waals surface area contributed by atoms with Gasteiger partial charge in [0.15, 0.2) is 5.16 Å². The summed E-state index contributed by atoms with van der Waals surface area (Å²) >= 11 is 1.49. The molecule has 0 unspecified atom stereocenters. The normalized spacial score (nSPS) is 11.1. The monoisotopic (exact) mass is 282 g/mol. The molecule has 2 N–H and O–H groups in total. The van der Waals surface area contributed by atoms with Crippen LogP contribution in [0, 0.1) is 0 Å². The third-order valence-corrected chi connectivity index (χ3v) is 3.65. The molecule has 19 heavy (non-hydrogen) atoms. The predicted octanol–water partition coefficient (Wildman–Crippen LogP) is 1.59. The quantitative estimate of drug-likeness (QED) is 0.754. The van der Waals surface area contributed by atoms with Gasteiger partial charge in [0.05, 0.1) is 12.3 Å². The van der Waals surface area contributed by atoms with Crippen molar-refractivity contribution in [2.24, 2.45) is 0 Å². The molecule has 0 radical (unpaired) electrons. The Balaban J connectivity index is 1.94. The van der Waals surface area contributed by atoms with Gasteiger partial charge in [0.25, 0.3) is 0 Å². The third kappa shape index (κ3) is 3.51. The highest BCUT2D eigenvalue weighted by Crippen LogP contribution is 2.21. The van der Waals surface area contributed by atoms with Crippen molar-refractivity contribution in [3.8, 4) is 0 Å². The van der Waals surface area contributed by atoms with Crippen LogP contribution in [0.15, 0.2) is 26.5 Å². The van der Waals surface area contributed by atoms with Crippen LogP contribution in [0.3, 0.4) is 0 Å². The Hall–Kier alpha value is -1.47. The number of thioether (sulfide) groups is 1. The SMILES string of the molecule is CCNCc1ccc(CSc2n[nH]c(=O)n2CC)o1. The van der Waals surface area contributed by atoms with Gasteiger partial charge in [-0.1, -0.05) is 18.7 Å². The van der Waals surface area contributed by atoms with E-state index < -0.39 is 0 Å². The number of H-pyrrole nitrogens is 1. The summed E-state index contributed by atoms with van der Waals surface area (Å²) in [5.41, 5.74) is -0.169. The highest BCUT2D eigenvalue weighted by atomic mass is 32.2. The lowest BCUT2D eigenvalue weighted by atomic mass is 10.4. The van der Waals surface area contributed by atoms with Gasteiger partial charge in [-0.3, -0.25) is 4.57 Å². The van der Waals surface area contributed by atoms with E-state index in [1.807, 2.05) is 19.1 Å². The molecule has 0 fully saturated rings. The van der Waals surface area contributed by atoms with Crippen LogP contribution >= 0.6 is 11.8 Å². The molecular weight excluding hydrogens is 264 g/mol. The second kappa shape index (κ2) is 6.63. The van der Waals surface area contributed by atoms with Gasteiger partial charge in [-0.05, 0) is 25.6 Å². The second-order valence-electron chi connectivity index (χ2n) is 3.99. The fraction of sp³-hybridized carbons (Fsp3) is 0.500. The van der Waals surface area contributed by atoms with Crippen molar-refractivity contribution in [3.63, 3.8) is 0 Å². The summed E-state index contributed by atoms with van der Waals surface area (Å²) < 4.78 is 7.28. The number of furan rings is 1. The third-order valence-electron chi connectivity index (χ3n) is 2.65. The van der Waals surface area contributed by atoms with E-state index in [0.717, 1.165) is 24.6 Å². The molecule has 2 aromatic heterocycles. The smallest absolute Gasteiger partial charge is 0.343 e. The maximum atomic E-state index is 11.4. The lowest BCUT2D eigenvalue weighted by Crippen LogP contribution is -2.16. The molecule has 6 nitrogen and oxygen atoms in total. The van der Waals surface area contributed by atoms with Crippen molar-refractivity contribution in [2.45, 2.75) is 37.8 Å². The number of aromatic amines is 1. The van der Waals surface area contributed by atoms with Crippen molar-refractivity contribution in [2.75, 3.05) is 6.54 Å². The standard InChI is InChI=1S/C12H18N4O2S/c1-3-13-7-9-5-6-10(18-9)8-19-12-15-14-11(17)16(12)4-2/h5-6,13H,3-4,7-8H2,1-2H3,(H,14,17). The van der Waals surface area contributed by atoms with Crippen LogP contribution < -0.4 is 11.0 Å². The number of nitrogens with zero attached hydrogens (tertiary/aromatic N) is 2. The zero-order valence-electron chi connectivity index (χ0n) is 11.1. The topological polar surface area (TPSA) is 75.8 Å². The van der Waals surface area contributed by atoms with Crippen LogP contribution in [0.4, 0.5) is 0 Å². The van der Waals surface area contributed by atoms with Crippen molar-refractivity contribution in [1.29, 1.82) is 0 Å². The Morgan fingerprint density at radius 2 is 2.21 bits per heavy atom. The second-order valence-corrected chi connectivity index (χ2v) is 4.94. The molecule has 7 heteroatoms. The van der Waals surface area contributed by atoms with E-state index in [9.17, 15) is 4.79 Å². The lowest BCUT2D eigenvalue weighted by molar-refractivity contribution is 0.462. The van der Waals surface area contributed by atoms with Crippen LogP contribution in [-0.2, 0) is 18.8 Å². The summed E-state index contributed by atoms with van der Waals surface area (Å²) in [6.45, 7) is 6.25. The molecular formula is C12H18N4O2S. The Kier molecular flexibility index (Phi) is 4.86. The molecule has 0 aliphatic heterocycles. The fourth-order valence-electron chi connectivity index (χ4n) is 1.67. The molecule has 0 aliphatic carbocycles. The number of hydrogen-bond donors (Lipinski definition) is 2. The van der Waals surface area contributed by atoms with Crippen molar-refractivity contribution in [1.82, 2.24) is 20.1 Å². The average molecular weight is 282 g/mol. The predicted molar refractivity (Wildman–Crippen MR) is 74.2 cm³/mol. The van der Waals surface area contributed by atoms with E-state index in [-0.39, 0.29) is 5.69 Å². The summed E-state index contributed by atoms with van der Waals surface area (Å²) in [5, 5.41) is 10.3. The van der Waals surface area contributed by atoms with E-state index in [4.69, 9.17) is 4.42 Å². The number of rotatable bonds is 7. The first kappa shape index (κ1) is 14.0. The van der Waals surface area contributed by atoms with E-state index in [1.54, 1.807) is 4.57 Å². The van der Waals surface area contributed by atoms with E-state index in [1.165, 1.54) is 11.8 Å². The van der Waals surface area contributed by atoms with Crippen LogP contribution in [0.25, 0.3) is 0 Å². The van der Waals surface area contributed by atoms with Crippen molar-refractivity contribution in [3.05, 3.63) is 34.1 Å². The molecule has 0 saturated heterocycles. The van der Waals surface area contributed by atoms with Gasteiger partial charge in [-0.2, -0.15) is 0 Å². The molecule has 104 valence electrons. The minimum absolute atomic E-state index is 0.169. The molecule has 2 aromatic rings. The molecule has 2 rings (SSSR count).